The second-order valence-corrected chi connectivity index (χ2v) is 1.34. The van der Waals surface area contributed by atoms with Gasteiger partial charge in [0.1, 0.15) is 0 Å². The molecule has 0 aromatic heterocycles. The Hall–Kier alpha value is -2.37. The maximum atomic E-state index is 8.25. The SMILES string of the molecule is O=[N+]([O-])[O-].O=[N+]([O-])[O-].O=[N+]([O-])[O-].O=[N+]([O-])[O-].O=[N+]([O-])[O-].O=[N+]([O-])[O-].[Gd+3].[Y+3]. The van der Waals surface area contributed by atoms with E-state index in [-0.39, 0.29) is 72.6 Å². The molecule has 26 heteroatoms. The molecule has 0 atom stereocenters. The first kappa shape index (κ1) is 49.5. The van der Waals surface area contributed by atoms with Crippen LogP contribution in [0.2, 0.25) is 0 Å². The van der Waals surface area contributed by atoms with E-state index < -0.39 is 30.5 Å². The van der Waals surface area contributed by atoms with Gasteiger partial charge in [-0.2, -0.15) is 0 Å². The summed E-state index contributed by atoms with van der Waals surface area (Å²) in [6.07, 6.45) is 0. The van der Waals surface area contributed by atoms with Crippen LogP contribution in [0.15, 0.2) is 0 Å². The molecule has 0 aromatic carbocycles. The Labute approximate surface area is 193 Å². The Morgan fingerprint density at radius 2 is 0.308 bits per heavy atom. The molecule has 0 aromatic rings. The average Bonchev–Trinajstić information content (AvgIpc) is 2.08. The zero-order valence-corrected chi connectivity index (χ0v) is 16.1. The Bertz CT molecular complexity index is 263. The summed E-state index contributed by atoms with van der Waals surface area (Å²) < 4.78 is 0. The smallest absolute Gasteiger partial charge is 0.356 e. The van der Waals surface area contributed by atoms with Crippen molar-refractivity contribution < 1.29 is 103 Å². The van der Waals surface area contributed by atoms with E-state index in [1.807, 2.05) is 0 Å². The average molecular weight is 618 g/mol. The molecule has 0 amide bonds. The molecule has 26 heavy (non-hydrogen) atoms. The van der Waals surface area contributed by atoms with Gasteiger partial charge < -0.3 is 91.9 Å². The second-order valence-electron chi connectivity index (χ2n) is 1.34. The molecule has 0 rings (SSSR count). The molecule has 0 fully saturated rings. The van der Waals surface area contributed by atoms with E-state index in [0.717, 1.165) is 0 Å². The molecule has 0 bridgehead atoms. The fraction of sp³-hybridized carbons (Fsp3) is 0. The van der Waals surface area contributed by atoms with Crippen LogP contribution >= 0.6 is 0 Å². The van der Waals surface area contributed by atoms with Gasteiger partial charge in [-0.25, -0.2) is 0 Å². The van der Waals surface area contributed by atoms with Crippen molar-refractivity contribution in [2.24, 2.45) is 0 Å². The zero-order valence-electron chi connectivity index (χ0n) is 11.0. The van der Waals surface area contributed by atoms with Gasteiger partial charge in [-0.1, -0.05) is 0 Å². The molecule has 0 aliphatic carbocycles. The van der Waals surface area contributed by atoms with E-state index in [9.17, 15) is 0 Å². The molecule has 0 aliphatic rings. The van der Waals surface area contributed by atoms with Gasteiger partial charge in [-0.15, -0.1) is 0 Å². The van der Waals surface area contributed by atoms with Crippen LogP contribution in [0.5, 0.6) is 0 Å². The Morgan fingerprint density at radius 1 is 0.308 bits per heavy atom. The van der Waals surface area contributed by atoms with Gasteiger partial charge in [0.15, 0.2) is 0 Å². The monoisotopic (exact) mass is 619 g/mol. The van der Waals surface area contributed by atoms with Gasteiger partial charge in [0, 0.05) is 0 Å². The number of nitrogens with zero attached hydrogens (tertiary/aromatic N) is 6. The van der Waals surface area contributed by atoms with Crippen LogP contribution in [0.25, 0.3) is 0 Å². The molecule has 0 N–H and O–H groups in total. The van der Waals surface area contributed by atoms with E-state index in [1.165, 1.54) is 0 Å². The van der Waals surface area contributed by atoms with E-state index in [0.29, 0.717) is 0 Å². The molecule has 0 aliphatic heterocycles. The van der Waals surface area contributed by atoms with Gasteiger partial charge >= 0.3 is 72.6 Å². The number of hydrogen-bond donors (Lipinski definition) is 0. The van der Waals surface area contributed by atoms with Gasteiger partial charge in [0.05, 0.1) is 30.5 Å². The summed E-state index contributed by atoms with van der Waals surface area (Å²) in [6, 6.07) is 0. The minimum Gasteiger partial charge on any atom is -0.356 e. The summed E-state index contributed by atoms with van der Waals surface area (Å²) >= 11 is 0. The van der Waals surface area contributed by atoms with Crippen LogP contribution in [-0.2, 0) is 32.7 Å². The predicted molar refractivity (Wildman–Crippen MR) is 62.2 cm³/mol. The number of rotatable bonds is 0. The molecule has 0 unspecified atom stereocenters. The van der Waals surface area contributed by atoms with Crippen LogP contribution in [0, 0.1) is 132 Å². The third kappa shape index (κ3) is 1640. The van der Waals surface area contributed by atoms with E-state index in [2.05, 4.69) is 0 Å². The van der Waals surface area contributed by atoms with Crippen molar-refractivity contribution in [1.82, 2.24) is 0 Å². The standard InChI is InChI=1S/Gd.6NO3.Y/c;6*2-1(3)4;/q+3;6*-1;+3. The molecule has 24 nitrogen and oxygen atoms in total. The Balaban J connectivity index is -0.0000000245. The first-order valence-corrected chi connectivity index (χ1v) is 3.29. The topological polar surface area (TPSA) is 397 Å². The van der Waals surface area contributed by atoms with Crippen molar-refractivity contribution in [3.05, 3.63) is 91.9 Å². The summed E-state index contributed by atoms with van der Waals surface area (Å²) in [5.74, 6) is 0. The minimum atomic E-state index is -1.75. The summed E-state index contributed by atoms with van der Waals surface area (Å²) in [5.41, 5.74) is 0. The molecule has 0 spiro atoms. The van der Waals surface area contributed by atoms with Gasteiger partial charge in [0.25, 0.3) is 0 Å². The van der Waals surface area contributed by atoms with Gasteiger partial charge in [-0.05, 0) is 0 Å². The van der Waals surface area contributed by atoms with Crippen LogP contribution < -0.4 is 0 Å². The summed E-state index contributed by atoms with van der Waals surface area (Å²) in [7, 11) is 0. The Morgan fingerprint density at radius 3 is 0.308 bits per heavy atom. The van der Waals surface area contributed by atoms with Gasteiger partial charge in [-0.3, -0.25) is 0 Å². The summed E-state index contributed by atoms with van der Waals surface area (Å²) in [4.78, 5) is 49.5. The van der Waals surface area contributed by atoms with Gasteiger partial charge in [0.2, 0.25) is 0 Å². The maximum absolute atomic E-state index is 8.25. The molecular weight excluding hydrogens is 618 g/mol. The van der Waals surface area contributed by atoms with E-state index in [4.69, 9.17) is 91.9 Å². The maximum Gasteiger partial charge on any atom is 3.00 e. The molecular formula is GdN6O18Y. The van der Waals surface area contributed by atoms with Crippen LogP contribution in [0.3, 0.4) is 0 Å². The van der Waals surface area contributed by atoms with Crippen molar-refractivity contribution in [2.45, 2.75) is 0 Å². The second kappa shape index (κ2) is 43.3. The first-order valence-electron chi connectivity index (χ1n) is 3.29. The predicted octanol–water partition coefficient (Wildman–Crippen LogP) is -1.44. The van der Waals surface area contributed by atoms with E-state index >= 15 is 0 Å². The van der Waals surface area contributed by atoms with Crippen molar-refractivity contribution >= 4 is 0 Å². The summed E-state index contributed by atoms with van der Waals surface area (Å²) in [6.45, 7) is 0. The van der Waals surface area contributed by atoms with Crippen molar-refractivity contribution in [3.63, 3.8) is 0 Å². The normalized spacial score (nSPS) is 5.54. The molecule has 1 radical (unpaired) electrons. The summed E-state index contributed by atoms with van der Waals surface area (Å²) in [5, 5.41) is 88.5. The Kier molecular flexibility index (Phi) is 82.6. The third-order valence-corrected chi connectivity index (χ3v) is 0. The van der Waals surface area contributed by atoms with Crippen LogP contribution in [0.4, 0.5) is 0 Å². The number of hydrogen-bond acceptors (Lipinski definition) is 18. The molecule has 0 saturated heterocycles. The first-order chi connectivity index (χ1) is 10.4. The van der Waals surface area contributed by atoms with Crippen LogP contribution in [0.1, 0.15) is 0 Å². The van der Waals surface area contributed by atoms with Crippen molar-refractivity contribution in [3.8, 4) is 0 Å². The van der Waals surface area contributed by atoms with Crippen molar-refractivity contribution in [2.75, 3.05) is 0 Å². The molecule has 0 saturated carbocycles. The largest absolute Gasteiger partial charge is 3.00 e. The quantitative estimate of drug-likeness (QED) is 0.221. The fourth-order valence-electron chi connectivity index (χ4n) is 0. The zero-order chi connectivity index (χ0) is 21.5. The minimum absolute atomic E-state index is 0. The van der Waals surface area contributed by atoms with Crippen molar-refractivity contribution in [1.29, 1.82) is 0 Å². The molecule has 0 heterocycles. The fourth-order valence-corrected chi connectivity index (χ4v) is 0. The van der Waals surface area contributed by atoms with Crippen LogP contribution in [-0.4, -0.2) is 30.5 Å². The molecule has 149 valence electrons. The van der Waals surface area contributed by atoms with E-state index in [1.54, 1.807) is 0 Å². The third-order valence-electron chi connectivity index (χ3n) is 0.